The molecule has 7 nitrogen and oxygen atoms in total. The summed E-state index contributed by atoms with van der Waals surface area (Å²) in [6.07, 6.45) is 0.733. The largest absolute Gasteiger partial charge is 0.453 e. The minimum Gasteiger partial charge on any atom is -0.453 e. The van der Waals surface area contributed by atoms with Crippen molar-refractivity contribution in [1.29, 1.82) is 0 Å². The van der Waals surface area contributed by atoms with Crippen molar-refractivity contribution in [3.8, 4) is 11.3 Å². The topological polar surface area (TPSA) is 87.2 Å². The van der Waals surface area contributed by atoms with Crippen molar-refractivity contribution in [2.45, 2.75) is 26.5 Å². The minimum absolute atomic E-state index is 0.0653. The number of benzene rings is 1. The molecule has 0 radical (unpaired) electrons. The Morgan fingerprint density at radius 1 is 1.23 bits per heavy atom. The first kappa shape index (κ1) is 17.9. The lowest BCUT2D eigenvalue weighted by Gasteiger charge is -2.05. The molecule has 2 aromatic heterocycles. The maximum absolute atomic E-state index is 12.1. The Morgan fingerprint density at radius 3 is 2.73 bits per heavy atom. The third kappa shape index (κ3) is 4.18. The number of aryl methyl sites for hydroxylation is 1. The molecular weight excluding hydrogens is 358 g/mol. The highest BCUT2D eigenvalue weighted by molar-refractivity contribution is 6.30. The van der Waals surface area contributed by atoms with Crippen LogP contribution in [0.1, 0.15) is 29.6 Å². The Labute approximate surface area is 154 Å². The monoisotopic (exact) mass is 373 g/mol. The third-order valence-electron chi connectivity index (χ3n) is 3.56. The van der Waals surface area contributed by atoms with E-state index in [1.165, 1.54) is 16.8 Å². The average Bonchev–Trinajstić information content (AvgIpc) is 3.11. The molecule has 0 unspecified atom stereocenters. The van der Waals surface area contributed by atoms with Crippen LogP contribution in [0.4, 0.5) is 0 Å². The summed E-state index contributed by atoms with van der Waals surface area (Å²) in [6, 6.07) is 11.5. The number of aromatic nitrogens is 3. The molecule has 0 amide bonds. The molecule has 0 fully saturated rings. The summed E-state index contributed by atoms with van der Waals surface area (Å²) in [5.41, 5.74) is 1.26. The van der Waals surface area contributed by atoms with Gasteiger partial charge in [0.1, 0.15) is 5.69 Å². The Balaban J connectivity index is 1.66. The van der Waals surface area contributed by atoms with Crippen LogP contribution in [0.3, 0.4) is 0 Å². The second kappa shape index (κ2) is 7.97. The number of rotatable bonds is 6. The van der Waals surface area contributed by atoms with E-state index >= 15 is 0 Å². The lowest BCUT2D eigenvalue weighted by molar-refractivity contribution is 0.0427. The standard InChI is InChI=1S/C18H16ClN3O4/c1-2-9-22-17(23)8-7-15(20-22)18(24)25-11-14-10-16(21-26-14)12-3-5-13(19)6-4-12/h3-8,10H,2,9,11H2,1H3. The van der Waals surface area contributed by atoms with Gasteiger partial charge in [0.2, 0.25) is 0 Å². The van der Waals surface area contributed by atoms with Gasteiger partial charge in [-0.3, -0.25) is 4.79 Å². The summed E-state index contributed by atoms with van der Waals surface area (Å²) < 4.78 is 11.6. The van der Waals surface area contributed by atoms with Gasteiger partial charge in [0, 0.05) is 29.3 Å². The number of nitrogens with zero attached hydrogens (tertiary/aromatic N) is 3. The van der Waals surface area contributed by atoms with Gasteiger partial charge >= 0.3 is 5.97 Å². The fourth-order valence-electron chi connectivity index (χ4n) is 2.28. The van der Waals surface area contributed by atoms with Crippen molar-refractivity contribution >= 4 is 17.6 Å². The molecule has 26 heavy (non-hydrogen) atoms. The molecule has 3 rings (SSSR count). The predicted molar refractivity (Wildman–Crippen MR) is 94.9 cm³/mol. The summed E-state index contributed by atoms with van der Waals surface area (Å²) >= 11 is 5.86. The number of halogens is 1. The highest BCUT2D eigenvalue weighted by atomic mass is 35.5. The van der Waals surface area contributed by atoms with Crippen LogP contribution in [-0.2, 0) is 17.9 Å². The highest BCUT2D eigenvalue weighted by Crippen LogP contribution is 2.21. The van der Waals surface area contributed by atoms with E-state index in [1.807, 2.05) is 19.1 Å². The van der Waals surface area contributed by atoms with E-state index in [9.17, 15) is 9.59 Å². The van der Waals surface area contributed by atoms with Crippen molar-refractivity contribution < 1.29 is 14.1 Å². The van der Waals surface area contributed by atoms with Crippen molar-refractivity contribution in [2.75, 3.05) is 0 Å². The fraction of sp³-hybridized carbons (Fsp3) is 0.222. The third-order valence-corrected chi connectivity index (χ3v) is 3.81. The normalized spacial score (nSPS) is 10.7. The summed E-state index contributed by atoms with van der Waals surface area (Å²) in [7, 11) is 0. The van der Waals surface area contributed by atoms with E-state index in [0.717, 1.165) is 12.0 Å². The Kier molecular flexibility index (Phi) is 5.48. The number of carbonyl (C=O) groups is 1. The van der Waals surface area contributed by atoms with Crippen LogP contribution in [0.25, 0.3) is 11.3 Å². The second-order valence-corrected chi connectivity index (χ2v) is 5.98. The van der Waals surface area contributed by atoms with Crippen molar-refractivity contribution in [1.82, 2.24) is 14.9 Å². The van der Waals surface area contributed by atoms with Gasteiger partial charge in [-0.1, -0.05) is 35.8 Å². The quantitative estimate of drug-likeness (QED) is 0.616. The molecule has 0 saturated carbocycles. The first-order chi connectivity index (χ1) is 12.6. The smallest absolute Gasteiger partial charge is 0.359 e. The maximum atomic E-state index is 12.1. The van der Waals surface area contributed by atoms with E-state index in [2.05, 4.69) is 10.3 Å². The second-order valence-electron chi connectivity index (χ2n) is 5.54. The van der Waals surface area contributed by atoms with Crippen molar-refractivity contribution in [3.63, 3.8) is 0 Å². The predicted octanol–water partition coefficient (Wildman–Crippen LogP) is 3.32. The number of hydrogen-bond donors (Lipinski definition) is 0. The molecule has 134 valence electrons. The van der Waals surface area contributed by atoms with Gasteiger partial charge in [-0.15, -0.1) is 0 Å². The zero-order valence-electron chi connectivity index (χ0n) is 14.0. The lowest BCUT2D eigenvalue weighted by Crippen LogP contribution is -2.24. The van der Waals surface area contributed by atoms with Crippen LogP contribution in [-0.4, -0.2) is 20.9 Å². The zero-order chi connectivity index (χ0) is 18.5. The van der Waals surface area contributed by atoms with E-state index in [-0.39, 0.29) is 17.9 Å². The molecule has 0 saturated heterocycles. The van der Waals surface area contributed by atoms with E-state index in [1.54, 1.807) is 18.2 Å². The highest BCUT2D eigenvalue weighted by Gasteiger charge is 2.13. The SMILES string of the molecule is CCCn1nc(C(=O)OCc2cc(-c3ccc(Cl)cc3)no2)ccc1=O. The molecule has 0 atom stereocenters. The lowest BCUT2D eigenvalue weighted by atomic mass is 10.1. The Hall–Kier alpha value is -2.93. The van der Waals surface area contributed by atoms with Gasteiger partial charge in [0.25, 0.3) is 5.56 Å². The van der Waals surface area contributed by atoms with Gasteiger partial charge in [-0.25, -0.2) is 9.48 Å². The average molecular weight is 374 g/mol. The minimum atomic E-state index is -0.640. The molecule has 0 N–H and O–H groups in total. The van der Waals surface area contributed by atoms with Gasteiger partial charge in [-0.2, -0.15) is 5.10 Å². The van der Waals surface area contributed by atoms with Crippen molar-refractivity contribution in [2.24, 2.45) is 0 Å². The van der Waals surface area contributed by atoms with Crippen molar-refractivity contribution in [3.05, 3.63) is 69.3 Å². The van der Waals surface area contributed by atoms with E-state index < -0.39 is 5.97 Å². The summed E-state index contributed by atoms with van der Waals surface area (Å²) in [5.74, 6) is -0.246. The van der Waals surface area contributed by atoms with Crippen LogP contribution in [0.15, 0.2) is 51.8 Å². The first-order valence-corrected chi connectivity index (χ1v) is 8.41. The summed E-state index contributed by atoms with van der Waals surface area (Å²) in [5, 5.41) is 8.58. The van der Waals surface area contributed by atoms with Crippen LogP contribution in [0.2, 0.25) is 5.02 Å². The van der Waals surface area contributed by atoms with E-state index in [4.69, 9.17) is 20.9 Å². The number of carbonyl (C=O) groups excluding carboxylic acids is 1. The molecule has 1 aromatic carbocycles. The van der Waals surface area contributed by atoms with Crippen LogP contribution in [0.5, 0.6) is 0 Å². The van der Waals surface area contributed by atoms with Gasteiger partial charge in [0.05, 0.1) is 0 Å². The molecule has 0 bridgehead atoms. The van der Waals surface area contributed by atoms with Crippen LogP contribution in [0, 0.1) is 0 Å². The van der Waals surface area contributed by atoms with Gasteiger partial charge in [-0.05, 0) is 24.6 Å². The molecule has 0 aliphatic heterocycles. The molecule has 8 heteroatoms. The molecule has 0 aliphatic rings. The molecule has 3 aromatic rings. The van der Waals surface area contributed by atoms with Crippen LogP contribution >= 0.6 is 11.6 Å². The molecule has 0 spiro atoms. The van der Waals surface area contributed by atoms with Crippen LogP contribution < -0.4 is 5.56 Å². The Bertz CT molecular complexity index is 963. The molecule has 2 heterocycles. The van der Waals surface area contributed by atoms with Gasteiger partial charge in [0.15, 0.2) is 18.1 Å². The summed E-state index contributed by atoms with van der Waals surface area (Å²) in [4.78, 5) is 23.8. The Morgan fingerprint density at radius 2 is 2.00 bits per heavy atom. The van der Waals surface area contributed by atoms with E-state index in [0.29, 0.717) is 23.0 Å². The zero-order valence-corrected chi connectivity index (χ0v) is 14.8. The number of ether oxygens (including phenoxy) is 1. The maximum Gasteiger partial charge on any atom is 0.359 e. The first-order valence-electron chi connectivity index (χ1n) is 8.03. The number of esters is 1. The molecular formula is C18H16ClN3O4. The van der Waals surface area contributed by atoms with Gasteiger partial charge < -0.3 is 9.26 Å². The summed E-state index contributed by atoms with van der Waals surface area (Å²) in [6.45, 7) is 2.27. The molecule has 0 aliphatic carbocycles. The fourth-order valence-corrected chi connectivity index (χ4v) is 2.40. The number of hydrogen-bond acceptors (Lipinski definition) is 6.